The molecule has 1 amide bonds. The fraction of sp³-hybridized carbons (Fsp3) is 0.188. The Kier molecular flexibility index (Phi) is 5.15. The molecule has 0 aromatic heterocycles. The van der Waals surface area contributed by atoms with Crippen molar-refractivity contribution >= 4 is 5.91 Å². The Balaban J connectivity index is 1.92. The fourth-order valence-electron chi connectivity index (χ4n) is 1.75. The van der Waals surface area contributed by atoms with Crippen LogP contribution in [0.3, 0.4) is 0 Å². The van der Waals surface area contributed by atoms with Crippen LogP contribution in [0.1, 0.15) is 5.56 Å². The van der Waals surface area contributed by atoms with Gasteiger partial charge in [0.15, 0.2) is 0 Å². The van der Waals surface area contributed by atoms with E-state index in [0.29, 0.717) is 13.1 Å². The summed E-state index contributed by atoms with van der Waals surface area (Å²) in [5.74, 6) is 1.57. The lowest BCUT2D eigenvalue weighted by Gasteiger charge is -2.08. The van der Waals surface area contributed by atoms with E-state index < -0.39 is 0 Å². The number of amides is 1. The van der Waals surface area contributed by atoms with Crippen LogP contribution >= 0.6 is 0 Å². The zero-order valence-corrected chi connectivity index (χ0v) is 11.4. The predicted octanol–water partition coefficient (Wildman–Crippen LogP) is 2.31. The van der Waals surface area contributed by atoms with Gasteiger partial charge < -0.3 is 15.4 Å². The molecule has 2 aromatic carbocycles. The zero-order chi connectivity index (χ0) is 14.2. The first-order valence-corrected chi connectivity index (χ1v) is 6.51. The van der Waals surface area contributed by atoms with E-state index >= 15 is 0 Å². The lowest BCUT2D eigenvalue weighted by Crippen LogP contribution is -2.30. The minimum atomic E-state index is -0.0262. The van der Waals surface area contributed by atoms with E-state index in [1.165, 1.54) is 0 Å². The number of nitrogens with one attached hydrogen (secondary N) is 2. The summed E-state index contributed by atoms with van der Waals surface area (Å²) in [6.45, 7) is 0.930. The third-order valence-electron chi connectivity index (χ3n) is 2.77. The Morgan fingerprint density at radius 1 is 1.05 bits per heavy atom. The molecular weight excluding hydrogens is 252 g/mol. The van der Waals surface area contributed by atoms with Crippen molar-refractivity contribution in [1.82, 2.24) is 10.6 Å². The molecule has 2 aromatic rings. The number of rotatable bonds is 6. The third kappa shape index (κ3) is 4.40. The second kappa shape index (κ2) is 7.31. The molecule has 0 fully saturated rings. The van der Waals surface area contributed by atoms with Crippen LogP contribution in [0, 0.1) is 0 Å². The number of likely N-dealkylation sites (N-methyl/N-ethyl adjacent to an activating group) is 1. The second-order valence-electron chi connectivity index (χ2n) is 4.34. The Labute approximate surface area is 118 Å². The summed E-state index contributed by atoms with van der Waals surface area (Å²) in [7, 11) is 1.62. The molecule has 0 saturated heterocycles. The number of para-hydroxylation sites is 1. The number of carbonyl (C=O) groups excluding carboxylic acids is 1. The van der Waals surface area contributed by atoms with Gasteiger partial charge in [0.25, 0.3) is 0 Å². The smallest absolute Gasteiger partial charge is 0.233 e. The SMILES string of the molecule is CNC(=O)CNCc1cccc(Oc2ccccc2)c1. The van der Waals surface area contributed by atoms with Crippen molar-refractivity contribution in [2.75, 3.05) is 13.6 Å². The van der Waals surface area contributed by atoms with Gasteiger partial charge in [0.2, 0.25) is 5.91 Å². The molecule has 4 nitrogen and oxygen atoms in total. The molecule has 0 aliphatic rings. The van der Waals surface area contributed by atoms with Crippen molar-refractivity contribution < 1.29 is 9.53 Å². The Hall–Kier alpha value is -2.33. The number of hydrogen-bond donors (Lipinski definition) is 2. The van der Waals surface area contributed by atoms with Crippen molar-refractivity contribution in [3.63, 3.8) is 0 Å². The van der Waals surface area contributed by atoms with Crippen LogP contribution in [-0.2, 0) is 11.3 Å². The largest absolute Gasteiger partial charge is 0.457 e. The van der Waals surface area contributed by atoms with E-state index in [1.807, 2.05) is 54.6 Å². The van der Waals surface area contributed by atoms with Crippen LogP contribution in [0.4, 0.5) is 0 Å². The second-order valence-corrected chi connectivity index (χ2v) is 4.34. The highest BCUT2D eigenvalue weighted by molar-refractivity contribution is 5.77. The van der Waals surface area contributed by atoms with Gasteiger partial charge in [0.05, 0.1) is 6.54 Å². The first-order valence-electron chi connectivity index (χ1n) is 6.51. The molecule has 0 bridgehead atoms. The standard InChI is InChI=1S/C16H18N2O2/c1-17-16(19)12-18-11-13-6-5-9-15(10-13)20-14-7-3-2-4-8-14/h2-10,18H,11-12H2,1H3,(H,17,19). The molecule has 2 N–H and O–H groups in total. The van der Waals surface area contributed by atoms with Gasteiger partial charge in [0.1, 0.15) is 11.5 Å². The number of carbonyl (C=O) groups is 1. The van der Waals surface area contributed by atoms with Crippen molar-refractivity contribution in [2.45, 2.75) is 6.54 Å². The maximum Gasteiger partial charge on any atom is 0.233 e. The van der Waals surface area contributed by atoms with Crippen molar-refractivity contribution in [3.05, 3.63) is 60.2 Å². The summed E-state index contributed by atoms with van der Waals surface area (Å²) >= 11 is 0. The summed E-state index contributed by atoms with van der Waals surface area (Å²) in [4.78, 5) is 11.1. The summed E-state index contributed by atoms with van der Waals surface area (Å²) in [6, 6.07) is 17.5. The van der Waals surface area contributed by atoms with Crippen LogP contribution in [-0.4, -0.2) is 19.5 Å². The monoisotopic (exact) mass is 270 g/mol. The molecule has 0 aliphatic heterocycles. The van der Waals surface area contributed by atoms with E-state index in [1.54, 1.807) is 7.05 Å². The number of ether oxygens (including phenoxy) is 1. The molecule has 4 heteroatoms. The van der Waals surface area contributed by atoms with E-state index in [4.69, 9.17) is 4.74 Å². The normalized spacial score (nSPS) is 10.1. The van der Waals surface area contributed by atoms with Crippen LogP contribution in [0.5, 0.6) is 11.5 Å². The molecule has 2 rings (SSSR count). The van der Waals surface area contributed by atoms with Gasteiger partial charge in [-0.05, 0) is 29.8 Å². The minimum Gasteiger partial charge on any atom is -0.457 e. The molecule has 0 atom stereocenters. The summed E-state index contributed by atoms with van der Waals surface area (Å²) in [5.41, 5.74) is 1.07. The van der Waals surface area contributed by atoms with Gasteiger partial charge in [-0.15, -0.1) is 0 Å². The Morgan fingerprint density at radius 3 is 2.55 bits per heavy atom. The highest BCUT2D eigenvalue weighted by Gasteiger charge is 2.00. The van der Waals surface area contributed by atoms with Gasteiger partial charge in [-0.3, -0.25) is 4.79 Å². The molecule has 0 aliphatic carbocycles. The Bertz CT molecular complexity index is 555. The molecule has 0 saturated carbocycles. The van der Waals surface area contributed by atoms with E-state index in [0.717, 1.165) is 17.1 Å². The van der Waals surface area contributed by atoms with Gasteiger partial charge >= 0.3 is 0 Å². The predicted molar refractivity (Wildman–Crippen MR) is 78.7 cm³/mol. The van der Waals surface area contributed by atoms with Crippen molar-refractivity contribution in [1.29, 1.82) is 0 Å². The zero-order valence-electron chi connectivity index (χ0n) is 11.4. The van der Waals surface area contributed by atoms with Gasteiger partial charge in [-0.25, -0.2) is 0 Å². The van der Waals surface area contributed by atoms with Gasteiger partial charge in [-0.2, -0.15) is 0 Å². The van der Waals surface area contributed by atoms with Crippen molar-refractivity contribution in [2.24, 2.45) is 0 Å². The first kappa shape index (κ1) is 14.1. The highest BCUT2D eigenvalue weighted by Crippen LogP contribution is 2.21. The molecule has 104 valence electrons. The highest BCUT2D eigenvalue weighted by atomic mass is 16.5. The topological polar surface area (TPSA) is 50.4 Å². The van der Waals surface area contributed by atoms with Crippen LogP contribution in [0.25, 0.3) is 0 Å². The van der Waals surface area contributed by atoms with Crippen LogP contribution in [0.2, 0.25) is 0 Å². The van der Waals surface area contributed by atoms with E-state index in [2.05, 4.69) is 10.6 Å². The third-order valence-corrected chi connectivity index (χ3v) is 2.77. The maximum absolute atomic E-state index is 11.1. The minimum absolute atomic E-state index is 0.0262. The first-order chi connectivity index (χ1) is 9.78. The number of benzene rings is 2. The summed E-state index contributed by atoms with van der Waals surface area (Å²) in [6.07, 6.45) is 0. The number of hydrogen-bond acceptors (Lipinski definition) is 3. The molecule has 0 heterocycles. The Morgan fingerprint density at radius 2 is 1.80 bits per heavy atom. The van der Waals surface area contributed by atoms with Gasteiger partial charge in [0, 0.05) is 13.6 Å². The average molecular weight is 270 g/mol. The molecule has 20 heavy (non-hydrogen) atoms. The molecule has 0 unspecified atom stereocenters. The summed E-state index contributed by atoms with van der Waals surface area (Å²) < 4.78 is 5.76. The fourth-order valence-corrected chi connectivity index (χ4v) is 1.75. The van der Waals surface area contributed by atoms with E-state index in [-0.39, 0.29) is 5.91 Å². The maximum atomic E-state index is 11.1. The summed E-state index contributed by atoms with van der Waals surface area (Å²) in [5, 5.41) is 5.65. The van der Waals surface area contributed by atoms with Crippen LogP contribution in [0.15, 0.2) is 54.6 Å². The van der Waals surface area contributed by atoms with Crippen molar-refractivity contribution in [3.8, 4) is 11.5 Å². The van der Waals surface area contributed by atoms with Gasteiger partial charge in [-0.1, -0.05) is 30.3 Å². The quantitative estimate of drug-likeness (QED) is 0.847. The van der Waals surface area contributed by atoms with E-state index in [9.17, 15) is 4.79 Å². The molecule has 0 radical (unpaired) electrons. The molecule has 0 spiro atoms. The lowest BCUT2D eigenvalue weighted by molar-refractivity contribution is -0.119. The lowest BCUT2D eigenvalue weighted by atomic mass is 10.2. The average Bonchev–Trinajstić information content (AvgIpc) is 2.48. The van der Waals surface area contributed by atoms with Crippen LogP contribution < -0.4 is 15.4 Å². The molecular formula is C16H18N2O2.